The predicted octanol–water partition coefficient (Wildman–Crippen LogP) is 3.36. The lowest BCUT2D eigenvalue weighted by Crippen LogP contribution is -2.15. The average molecular weight is 295 g/mol. The van der Waals surface area contributed by atoms with Crippen LogP contribution in [0.3, 0.4) is 0 Å². The van der Waals surface area contributed by atoms with E-state index < -0.39 is 17.6 Å². The number of anilines is 1. The molecule has 7 heteroatoms. The molecule has 0 radical (unpaired) electrons. The van der Waals surface area contributed by atoms with Crippen molar-refractivity contribution in [1.29, 1.82) is 0 Å². The molecule has 0 saturated heterocycles. The van der Waals surface area contributed by atoms with Crippen molar-refractivity contribution in [2.75, 3.05) is 5.32 Å². The van der Waals surface area contributed by atoms with Gasteiger partial charge in [-0.05, 0) is 44.2 Å². The van der Waals surface area contributed by atoms with Gasteiger partial charge in [0.05, 0.1) is 5.56 Å². The zero-order chi connectivity index (χ0) is 15.6. The summed E-state index contributed by atoms with van der Waals surface area (Å²) in [6, 6.07) is 5.68. The molecule has 0 unspecified atom stereocenters. The van der Waals surface area contributed by atoms with E-state index in [0.717, 1.165) is 24.3 Å². The maximum atomic E-state index is 12.4. The maximum absolute atomic E-state index is 12.4. The number of nitrogens with zero attached hydrogens (tertiary/aromatic N) is 2. The number of hydrogen-bond donors (Lipinski definition) is 1. The van der Waals surface area contributed by atoms with Crippen LogP contribution in [0.25, 0.3) is 0 Å². The van der Waals surface area contributed by atoms with Crippen LogP contribution in [0, 0.1) is 13.8 Å². The summed E-state index contributed by atoms with van der Waals surface area (Å²) in [4.78, 5) is 20.0. The standard InChI is InChI=1S/C14H12F3N3O/c1-8-7-9(2)19-13(18-8)20-12(21)10-3-5-11(6-4-10)14(15,16)17/h3-7H,1-2H3,(H,18,19,20,21). The van der Waals surface area contributed by atoms with Gasteiger partial charge in [-0.2, -0.15) is 13.2 Å². The molecule has 4 nitrogen and oxygen atoms in total. The van der Waals surface area contributed by atoms with Gasteiger partial charge < -0.3 is 0 Å². The third kappa shape index (κ3) is 3.77. The predicted molar refractivity (Wildman–Crippen MR) is 70.9 cm³/mol. The first-order valence-corrected chi connectivity index (χ1v) is 6.06. The first kappa shape index (κ1) is 15.0. The summed E-state index contributed by atoms with van der Waals surface area (Å²) in [5.74, 6) is -0.439. The molecule has 0 atom stereocenters. The summed E-state index contributed by atoms with van der Waals surface area (Å²) < 4.78 is 37.3. The van der Waals surface area contributed by atoms with E-state index in [1.807, 2.05) is 0 Å². The van der Waals surface area contributed by atoms with Crippen molar-refractivity contribution < 1.29 is 18.0 Å². The minimum atomic E-state index is -4.42. The molecule has 0 bridgehead atoms. The topological polar surface area (TPSA) is 54.9 Å². The van der Waals surface area contributed by atoms with Gasteiger partial charge in [0.1, 0.15) is 0 Å². The van der Waals surface area contributed by atoms with Crippen LogP contribution in [0.15, 0.2) is 30.3 Å². The summed E-state index contributed by atoms with van der Waals surface area (Å²) in [5.41, 5.74) is 0.669. The van der Waals surface area contributed by atoms with Gasteiger partial charge in [-0.1, -0.05) is 0 Å². The van der Waals surface area contributed by atoms with E-state index in [-0.39, 0.29) is 11.5 Å². The Morgan fingerprint density at radius 2 is 1.57 bits per heavy atom. The maximum Gasteiger partial charge on any atom is 0.416 e. The van der Waals surface area contributed by atoms with Gasteiger partial charge in [0.2, 0.25) is 5.95 Å². The lowest BCUT2D eigenvalue weighted by molar-refractivity contribution is -0.137. The molecule has 1 aromatic carbocycles. The Kier molecular flexibility index (Phi) is 3.93. The van der Waals surface area contributed by atoms with Gasteiger partial charge >= 0.3 is 6.18 Å². The summed E-state index contributed by atoms with van der Waals surface area (Å²) in [7, 11) is 0. The number of aromatic nitrogens is 2. The summed E-state index contributed by atoms with van der Waals surface area (Å²) in [6.45, 7) is 3.50. The number of halogens is 3. The molecule has 0 aliphatic rings. The Hall–Kier alpha value is -2.44. The normalized spacial score (nSPS) is 11.3. The van der Waals surface area contributed by atoms with Gasteiger partial charge in [0.25, 0.3) is 5.91 Å². The first-order chi connectivity index (χ1) is 9.75. The van der Waals surface area contributed by atoms with Crippen molar-refractivity contribution in [2.45, 2.75) is 20.0 Å². The molecule has 110 valence electrons. The monoisotopic (exact) mass is 295 g/mol. The van der Waals surface area contributed by atoms with E-state index in [1.54, 1.807) is 19.9 Å². The Morgan fingerprint density at radius 3 is 2.05 bits per heavy atom. The highest BCUT2D eigenvalue weighted by Gasteiger charge is 2.30. The zero-order valence-corrected chi connectivity index (χ0v) is 11.3. The van der Waals surface area contributed by atoms with Crippen molar-refractivity contribution >= 4 is 11.9 Å². The number of alkyl halides is 3. The zero-order valence-electron chi connectivity index (χ0n) is 11.3. The van der Waals surface area contributed by atoms with Gasteiger partial charge in [-0.3, -0.25) is 10.1 Å². The molecule has 0 saturated carbocycles. The van der Waals surface area contributed by atoms with E-state index in [0.29, 0.717) is 11.4 Å². The van der Waals surface area contributed by atoms with Crippen molar-refractivity contribution in [3.8, 4) is 0 Å². The van der Waals surface area contributed by atoms with Gasteiger partial charge in [0.15, 0.2) is 0 Å². The van der Waals surface area contributed by atoms with Crippen LogP contribution in [-0.4, -0.2) is 15.9 Å². The van der Waals surface area contributed by atoms with E-state index in [1.165, 1.54) is 0 Å². The molecule has 2 rings (SSSR count). The SMILES string of the molecule is Cc1cc(C)nc(NC(=O)c2ccc(C(F)(F)F)cc2)n1. The van der Waals surface area contributed by atoms with Crippen molar-refractivity contribution in [1.82, 2.24) is 9.97 Å². The van der Waals surface area contributed by atoms with E-state index in [9.17, 15) is 18.0 Å². The van der Waals surface area contributed by atoms with Crippen LogP contribution < -0.4 is 5.32 Å². The highest BCUT2D eigenvalue weighted by Crippen LogP contribution is 2.29. The number of carbonyl (C=O) groups is 1. The number of amides is 1. The molecular formula is C14H12F3N3O. The molecular weight excluding hydrogens is 283 g/mol. The lowest BCUT2D eigenvalue weighted by Gasteiger charge is -2.08. The van der Waals surface area contributed by atoms with E-state index >= 15 is 0 Å². The van der Waals surface area contributed by atoms with Crippen molar-refractivity contribution in [2.24, 2.45) is 0 Å². The van der Waals surface area contributed by atoms with Crippen LogP contribution in [0.2, 0.25) is 0 Å². The first-order valence-electron chi connectivity index (χ1n) is 6.06. The summed E-state index contributed by atoms with van der Waals surface area (Å²) in [6.07, 6.45) is -4.42. The third-order valence-corrected chi connectivity index (χ3v) is 2.68. The smallest absolute Gasteiger partial charge is 0.290 e. The quantitative estimate of drug-likeness (QED) is 0.924. The fraction of sp³-hybridized carbons (Fsp3) is 0.214. The molecule has 2 aromatic rings. The van der Waals surface area contributed by atoms with E-state index in [4.69, 9.17) is 0 Å². The van der Waals surface area contributed by atoms with Crippen molar-refractivity contribution in [3.63, 3.8) is 0 Å². The van der Waals surface area contributed by atoms with Crippen LogP contribution >= 0.6 is 0 Å². The fourth-order valence-corrected chi connectivity index (χ4v) is 1.77. The second-order valence-electron chi connectivity index (χ2n) is 4.50. The van der Waals surface area contributed by atoms with Crippen LogP contribution in [-0.2, 0) is 6.18 Å². The molecule has 0 spiro atoms. The molecule has 21 heavy (non-hydrogen) atoms. The number of aryl methyl sites for hydroxylation is 2. The number of hydrogen-bond acceptors (Lipinski definition) is 3. The number of nitrogens with one attached hydrogen (secondary N) is 1. The number of carbonyl (C=O) groups excluding carboxylic acids is 1. The summed E-state index contributed by atoms with van der Waals surface area (Å²) >= 11 is 0. The van der Waals surface area contributed by atoms with E-state index in [2.05, 4.69) is 15.3 Å². The van der Waals surface area contributed by atoms with Crippen LogP contribution in [0.4, 0.5) is 19.1 Å². The minimum absolute atomic E-state index is 0.103. The lowest BCUT2D eigenvalue weighted by atomic mass is 10.1. The number of benzene rings is 1. The Morgan fingerprint density at radius 1 is 1.05 bits per heavy atom. The highest BCUT2D eigenvalue weighted by molar-refractivity contribution is 6.03. The van der Waals surface area contributed by atoms with Crippen LogP contribution in [0.1, 0.15) is 27.3 Å². The molecule has 0 aliphatic carbocycles. The second-order valence-corrected chi connectivity index (χ2v) is 4.50. The third-order valence-electron chi connectivity index (χ3n) is 2.68. The molecule has 1 aromatic heterocycles. The minimum Gasteiger partial charge on any atom is -0.290 e. The van der Waals surface area contributed by atoms with Crippen LogP contribution in [0.5, 0.6) is 0 Å². The largest absolute Gasteiger partial charge is 0.416 e. The molecule has 0 fully saturated rings. The average Bonchev–Trinajstić information content (AvgIpc) is 2.36. The van der Waals surface area contributed by atoms with Gasteiger partial charge in [-0.15, -0.1) is 0 Å². The Bertz CT molecular complexity index is 646. The number of rotatable bonds is 2. The molecule has 1 N–H and O–H groups in total. The highest BCUT2D eigenvalue weighted by atomic mass is 19.4. The second kappa shape index (κ2) is 5.51. The molecule has 0 aliphatic heterocycles. The summed E-state index contributed by atoms with van der Waals surface area (Å²) in [5, 5.41) is 2.46. The van der Waals surface area contributed by atoms with Gasteiger partial charge in [0, 0.05) is 17.0 Å². The Balaban J connectivity index is 2.17. The Labute approximate surface area is 119 Å². The fourth-order valence-electron chi connectivity index (χ4n) is 1.77. The van der Waals surface area contributed by atoms with Crippen molar-refractivity contribution in [3.05, 3.63) is 52.8 Å². The molecule has 1 heterocycles. The molecule has 1 amide bonds. The van der Waals surface area contributed by atoms with Gasteiger partial charge in [-0.25, -0.2) is 9.97 Å².